The maximum atomic E-state index is 12.6. The van der Waals surface area contributed by atoms with Crippen LogP contribution >= 0.6 is 0 Å². The number of nitrogen functional groups attached to an aromatic ring is 1. The Morgan fingerprint density at radius 3 is 2.32 bits per heavy atom. The van der Waals surface area contributed by atoms with Gasteiger partial charge in [-0.25, -0.2) is 0 Å². The van der Waals surface area contributed by atoms with Crippen LogP contribution in [0.2, 0.25) is 0 Å². The molecule has 0 saturated carbocycles. The fraction of sp³-hybridized carbons (Fsp3) is 0.533. The molecule has 2 fully saturated rings. The summed E-state index contributed by atoms with van der Waals surface area (Å²) in [6, 6.07) is 5.74. The Morgan fingerprint density at radius 2 is 1.63 bits per heavy atom. The smallest absolute Gasteiger partial charge is 0.256 e. The zero-order valence-electron chi connectivity index (χ0n) is 11.3. The van der Waals surface area contributed by atoms with Gasteiger partial charge in [-0.2, -0.15) is 0 Å². The molecule has 2 aliphatic rings. The number of amides is 1. The van der Waals surface area contributed by atoms with E-state index in [2.05, 4.69) is 4.90 Å². The van der Waals surface area contributed by atoms with Crippen LogP contribution in [0.4, 0.5) is 11.4 Å². The highest BCUT2D eigenvalue weighted by Gasteiger charge is 2.25. The van der Waals surface area contributed by atoms with Crippen molar-refractivity contribution in [2.75, 3.05) is 36.8 Å². The Hall–Kier alpha value is -1.71. The van der Waals surface area contributed by atoms with Crippen molar-refractivity contribution in [1.82, 2.24) is 4.90 Å². The molecule has 0 bridgehead atoms. The molecular weight excluding hydrogens is 238 g/mol. The Bertz CT molecular complexity index is 474. The number of nitrogens with two attached hydrogens (primary N) is 1. The molecule has 0 unspecified atom stereocenters. The van der Waals surface area contributed by atoms with Gasteiger partial charge in [0.05, 0.1) is 5.56 Å². The standard InChI is InChI=1S/C15H21N3O/c16-12-5-6-14(17-7-1-2-8-17)13(11-12)15(19)18-9-3-4-10-18/h5-6,11H,1-4,7-10,16H2. The Balaban J connectivity index is 1.93. The summed E-state index contributed by atoms with van der Waals surface area (Å²) in [5, 5.41) is 0. The Kier molecular flexibility index (Phi) is 3.32. The van der Waals surface area contributed by atoms with E-state index in [9.17, 15) is 4.79 Å². The van der Waals surface area contributed by atoms with Crippen LogP contribution in [0, 0.1) is 0 Å². The molecule has 0 atom stereocenters. The molecule has 2 N–H and O–H groups in total. The van der Waals surface area contributed by atoms with E-state index in [-0.39, 0.29) is 5.91 Å². The summed E-state index contributed by atoms with van der Waals surface area (Å²) in [7, 11) is 0. The number of nitrogens with zero attached hydrogens (tertiary/aromatic N) is 2. The number of hydrogen-bond donors (Lipinski definition) is 1. The minimum atomic E-state index is 0.145. The summed E-state index contributed by atoms with van der Waals surface area (Å²) in [5.74, 6) is 0.145. The zero-order valence-corrected chi connectivity index (χ0v) is 11.3. The lowest BCUT2D eigenvalue weighted by Gasteiger charge is -2.24. The van der Waals surface area contributed by atoms with Crippen molar-refractivity contribution in [2.45, 2.75) is 25.7 Å². The second-order valence-corrected chi connectivity index (χ2v) is 5.47. The van der Waals surface area contributed by atoms with Crippen LogP contribution in [0.15, 0.2) is 18.2 Å². The van der Waals surface area contributed by atoms with E-state index in [1.54, 1.807) is 0 Å². The molecule has 4 nitrogen and oxygen atoms in total. The Labute approximate surface area is 114 Å². The maximum Gasteiger partial charge on any atom is 0.256 e. The van der Waals surface area contributed by atoms with E-state index in [4.69, 9.17) is 5.73 Å². The first-order valence-electron chi connectivity index (χ1n) is 7.19. The van der Waals surface area contributed by atoms with Crippen LogP contribution in [0.3, 0.4) is 0 Å². The average molecular weight is 259 g/mol. The van der Waals surface area contributed by atoms with Gasteiger partial charge in [0.1, 0.15) is 0 Å². The molecule has 0 aromatic heterocycles. The predicted molar refractivity (Wildman–Crippen MR) is 77.4 cm³/mol. The SMILES string of the molecule is Nc1ccc(N2CCCC2)c(C(=O)N2CCCC2)c1. The minimum absolute atomic E-state index is 0.145. The quantitative estimate of drug-likeness (QED) is 0.828. The van der Waals surface area contributed by atoms with Gasteiger partial charge in [0, 0.05) is 37.6 Å². The van der Waals surface area contributed by atoms with Crippen molar-refractivity contribution in [2.24, 2.45) is 0 Å². The molecule has 102 valence electrons. The zero-order chi connectivity index (χ0) is 13.2. The minimum Gasteiger partial charge on any atom is -0.399 e. The van der Waals surface area contributed by atoms with Crippen LogP contribution in [-0.2, 0) is 0 Å². The fourth-order valence-electron chi connectivity index (χ4n) is 3.05. The highest BCUT2D eigenvalue weighted by Crippen LogP contribution is 2.28. The number of rotatable bonds is 2. The first kappa shape index (κ1) is 12.3. The molecular formula is C15H21N3O. The summed E-state index contributed by atoms with van der Waals surface area (Å²) >= 11 is 0. The van der Waals surface area contributed by atoms with E-state index in [0.717, 1.165) is 50.3 Å². The van der Waals surface area contributed by atoms with Crippen LogP contribution in [0.5, 0.6) is 0 Å². The van der Waals surface area contributed by atoms with Crippen molar-refractivity contribution in [1.29, 1.82) is 0 Å². The van der Waals surface area contributed by atoms with Crippen molar-refractivity contribution in [3.8, 4) is 0 Å². The van der Waals surface area contributed by atoms with E-state index >= 15 is 0 Å². The van der Waals surface area contributed by atoms with Crippen molar-refractivity contribution < 1.29 is 4.79 Å². The fourth-order valence-corrected chi connectivity index (χ4v) is 3.05. The van der Waals surface area contributed by atoms with Crippen LogP contribution in [0.25, 0.3) is 0 Å². The normalized spacial score (nSPS) is 19.2. The topological polar surface area (TPSA) is 49.6 Å². The number of carbonyl (C=O) groups is 1. The molecule has 3 rings (SSSR count). The van der Waals surface area contributed by atoms with Crippen molar-refractivity contribution in [3.05, 3.63) is 23.8 Å². The summed E-state index contributed by atoms with van der Waals surface area (Å²) in [5.41, 5.74) is 8.39. The second kappa shape index (κ2) is 5.11. The van der Waals surface area contributed by atoms with Gasteiger partial charge in [-0.15, -0.1) is 0 Å². The van der Waals surface area contributed by atoms with Gasteiger partial charge in [-0.1, -0.05) is 0 Å². The third kappa shape index (κ3) is 2.39. The third-order valence-corrected chi connectivity index (χ3v) is 4.09. The van der Waals surface area contributed by atoms with Crippen molar-refractivity contribution in [3.63, 3.8) is 0 Å². The van der Waals surface area contributed by atoms with Gasteiger partial charge in [0.15, 0.2) is 0 Å². The summed E-state index contributed by atoms with van der Waals surface area (Å²) in [6.45, 7) is 3.86. The number of hydrogen-bond acceptors (Lipinski definition) is 3. The molecule has 19 heavy (non-hydrogen) atoms. The van der Waals surface area contributed by atoms with Gasteiger partial charge < -0.3 is 15.5 Å². The van der Waals surface area contributed by atoms with Gasteiger partial charge in [0.2, 0.25) is 0 Å². The number of likely N-dealkylation sites (tertiary alicyclic amines) is 1. The van der Waals surface area contributed by atoms with E-state index in [1.807, 2.05) is 23.1 Å². The van der Waals surface area contributed by atoms with Crippen molar-refractivity contribution >= 4 is 17.3 Å². The monoisotopic (exact) mass is 259 g/mol. The highest BCUT2D eigenvalue weighted by molar-refractivity contribution is 6.01. The van der Waals surface area contributed by atoms with Gasteiger partial charge in [0.25, 0.3) is 5.91 Å². The molecule has 4 heteroatoms. The van der Waals surface area contributed by atoms with E-state index in [1.165, 1.54) is 12.8 Å². The largest absolute Gasteiger partial charge is 0.399 e. The first-order chi connectivity index (χ1) is 9.25. The van der Waals surface area contributed by atoms with E-state index < -0.39 is 0 Å². The van der Waals surface area contributed by atoms with Gasteiger partial charge in [-0.3, -0.25) is 4.79 Å². The highest BCUT2D eigenvalue weighted by atomic mass is 16.2. The maximum absolute atomic E-state index is 12.6. The Morgan fingerprint density at radius 1 is 1.00 bits per heavy atom. The van der Waals surface area contributed by atoms with Gasteiger partial charge >= 0.3 is 0 Å². The second-order valence-electron chi connectivity index (χ2n) is 5.47. The molecule has 2 heterocycles. The molecule has 0 spiro atoms. The molecule has 0 aliphatic carbocycles. The summed E-state index contributed by atoms with van der Waals surface area (Å²) in [4.78, 5) is 16.9. The van der Waals surface area contributed by atoms with E-state index in [0.29, 0.717) is 5.69 Å². The summed E-state index contributed by atoms with van der Waals surface area (Å²) < 4.78 is 0. The first-order valence-corrected chi connectivity index (χ1v) is 7.19. The third-order valence-electron chi connectivity index (χ3n) is 4.09. The number of anilines is 2. The lowest BCUT2D eigenvalue weighted by Crippen LogP contribution is -2.30. The number of carbonyl (C=O) groups excluding carboxylic acids is 1. The van der Waals surface area contributed by atoms with Crippen LogP contribution < -0.4 is 10.6 Å². The number of benzene rings is 1. The average Bonchev–Trinajstić information content (AvgIpc) is 3.11. The molecule has 2 aliphatic heterocycles. The molecule has 1 aromatic rings. The predicted octanol–water partition coefficient (Wildman–Crippen LogP) is 2.10. The molecule has 0 radical (unpaired) electrons. The molecule has 1 aromatic carbocycles. The lowest BCUT2D eigenvalue weighted by molar-refractivity contribution is 0.0793. The van der Waals surface area contributed by atoms with Crippen LogP contribution in [-0.4, -0.2) is 37.0 Å². The lowest BCUT2D eigenvalue weighted by atomic mass is 10.1. The summed E-state index contributed by atoms with van der Waals surface area (Å²) in [6.07, 6.45) is 4.66. The molecule has 1 amide bonds. The van der Waals surface area contributed by atoms with Crippen LogP contribution in [0.1, 0.15) is 36.0 Å². The van der Waals surface area contributed by atoms with Gasteiger partial charge in [-0.05, 0) is 43.9 Å². The molecule has 2 saturated heterocycles.